The molecule has 1 aromatic heterocycles. The Morgan fingerprint density at radius 3 is 2.71 bits per heavy atom. The predicted molar refractivity (Wildman–Crippen MR) is 125 cm³/mol. The lowest BCUT2D eigenvalue weighted by Gasteiger charge is -2.18. The number of hydrogen-bond acceptors (Lipinski definition) is 4. The molecule has 1 aliphatic carbocycles. The maximum atomic E-state index is 6.10. The summed E-state index contributed by atoms with van der Waals surface area (Å²) in [5, 5.41) is 15.5. The third kappa shape index (κ3) is 6.97. The minimum atomic E-state index is 0.482. The predicted octanol–water partition coefficient (Wildman–Crippen LogP) is 4.18. The van der Waals surface area contributed by atoms with Crippen molar-refractivity contribution in [3.63, 3.8) is 0 Å². The first-order valence-corrected chi connectivity index (χ1v) is 11.7. The van der Waals surface area contributed by atoms with Gasteiger partial charge >= 0.3 is 0 Å². The van der Waals surface area contributed by atoms with Crippen LogP contribution in [0.2, 0.25) is 0 Å². The van der Waals surface area contributed by atoms with Crippen LogP contribution in [-0.4, -0.2) is 33.4 Å². The first-order chi connectivity index (χ1) is 15.1. The molecule has 7 heteroatoms. The summed E-state index contributed by atoms with van der Waals surface area (Å²) in [4.78, 5) is 4.90. The van der Waals surface area contributed by atoms with Gasteiger partial charge in [0.25, 0.3) is 0 Å². The summed E-state index contributed by atoms with van der Waals surface area (Å²) in [5.41, 5.74) is 2.32. The molecule has 0 amide bonds. The number of nitrogens with one attached hydrogen (secondary N) is 2. The third-order valence-electron chi connectivity index (χ3n) is 5.93. The fourth-order valence-corrected chi connectivity index (χ4v) is 3.81. The molecule has 1 aliphatic rings. The average Bonchev–Trinajstić information content (AvgIpc) is 3.39. The highest BCUT2D eigenvalue weighted by Gasteiger charge is 2.17. The topological polar surface area (TPSA) is 76.4 Å². The van der Waals surface area contributed by atoms with E-state index in [2.05, 4.69) is 52.9 Å². The fourth-order valence-electron chi connectivity index (χ4n) is 3.81. The second-order valence-corrected chi connectivity index (χ2v) is 8.53. The summed E-state index contributed by atoms with van der Waals surface area (Å²) in [6.45, 7) is 8.19. The number of aryl methyl sites for hydroxylation is 2. The highest BCUT2D eigenvalue weighted by atomic mass is 16.5. The Morgan fingerprint density at radius 2 is 2.00 bits per heavy atom. The number of guanidine groups is 1. The lowest BCUT2D eigenvalue weighted by molar-refractivity contribution is 0.303. The van der Waals surface area contributed by atoms with Gasteiger partial charge in [-0.2, -0.15) is 0 Å². The smallest absolute Gasteiger partial charge is 0.192 e. The quantitative estimate of drug-likeness (QED) is 0.339. The molecule has 0 aliphatic heterocycles. The van der Waals surface area contributed by atoms with Crippen LogP contribution >= 0.6 is 0 Å². The van der Waals surface area contributed by atoms with E-state index in [0.29, 0.717) is 19.1 Å². The normalized spacial score (nSPS) is 14.8. The molecule has 1 fully saturated rings. The van der Waals surface area contributed by atoms with Crippen LogP contribution in [0.15, 0.2) is 23.2 Å². The Kier molecular flexibility index (Phi) is 8.74. The van der Waals surface area contributed by atoms with Crippen LogP contribution in [0.5, 0.6) is 5.75 Å². The van der Waals surface area contributed by atoms with Crippen LogP contribution in [0.1, 0.15) is 74.6 Å². The molecule has 170 valence electrons. The van der Waals surface area contributed by atoms with E-state index in [1.54, 1.807) is 0 Å². The van der Waals surface area contributed by atoms with Gasteiger partial charge in [0.15, 0.2) is 11.8 Å². The van der Waals surface area contributed by atoms with E-state index in [0.717, 1.165) is 41.9 Å². The van der Waals surface area contributed by atoms with Gasteiger partial charge in [-0.1, -0.05) is 44.7 Å². The number of nitrogens with zero attached hydrogens (tertiary/aromatic N) is 4. The van der Waals surface area contributed by atoms with E-state index in [1.165, 1.54) is 44.1 Å². The van der Waals surface area contributed by atoms with E-state index in [9.17, 15) is 0 Å². The number of rotatable bonds is 10. The number of unbranched alkanes of at least 4 members (excludes halogenated alkanes) is 2. The molecule has 2 N–H and O–H groups in total. The number of ether oxygens (including phenoxy) is 1. The fraction of sp³-hybridized carbons (Fsp3) is 0.625. The zero-order valence-corrected chi connectivity index (χ0v) is 19.6. The summed E-state index contributed by atoms with van der Waals surface area (Å²) >= 11 is 0. The standard InChI is InChI=1S/C24H38N6O/c1-5-6-9-14-31-22-15-18(2)12-13-20(22)16-25-24(27-21-10-7-8-11-21)26-17-23-29-28-19(3)30(23)4/h12-13,15,21H,5-11,14,16-17H2,1-4H3,(H2,25,26,27). The van der Waals surface area contributed by atoms with Gasteiger partial charge in [-0.3, -0.25) is 0 Å². The first-order valence-electron chi connectivity index (χ1n) is 11.7. The Labute approximate surface area is 186 Å². The highest BCUT2D eigenvalue weighted by molar-refractivity contribution is 5.80. The molecule has 31 heavy (non-hydrogen) atoms. The molecule has 1 aromatic carbocycles. The van der Waals surface area contributed by atoms with E-state index in [-0.39, 0.29) is 0 Å². The first kappa shape index (κ1) is 23.1. The summed E-state index contributed by atoms with van der Waals surface area (Å²) in [6.07, 6.45) is 8.42. The Morgan fingerprint density at radius 1 is 1.19 bits per heavy atom. The monoisotopic (exact) mass is 426 g/mol. The van der Waals surface area contributed by atoms with Gasteiger partial charge in [0.2, 0.25) is 0 Å². The molecular weight excluding hydrogens is 388 g/mol. The molecule has 0 unspecified atom stereocenters. The minimum absolute atomic E-state index is 0.482. The number of aromatic nitrogens is 3. The van der Waals surface area contributed by atoms with Crippen molar-refractivity contribution in [2.24, 2.45) is 12.0 Å². The molecule has 0 bridgehead atoms. The van der Waals surface area contributed by atoms with Crippen LogP contribution in [0.25, 0.3) is 0 Å². The van der Waals surface area contributed by atoms with Crippen LogP contribution in [-0.2, 0) is 20.1 Å². The molecule has 1 heterocycles. The van der Waals surface area contributed by atoms with E-state index in [1.807, 2.05) is 18.5 Å². The zero-order valence-electron chi connectivity index (χ0n) is 19.6. The molecule has 0 saturated heterocycles. The van der Waals surface area contributed by atoms with Gasteiger partial charge in [0.05, 0.1) is 19.7 Å². The van der Waals surface area contributed by atoms with Crippen molar-refractivity contribution in [2.45, 2.75) is 84.8 Å². The van der Waals surface area contributed by atoms with Gasteiger partial charge in [-0.15, -0.1) is 10.2 Å². The summed E-state index contributed by atoms with van der Waals surface area (Å²) in [5.74, 6) is 3.58. The van der Waals surface area contributed by atoms with E-state index in [4.69, 9.17) is 9.73 Å². The summed E-state index contributed by atoms with van der Waals surface area (Å²) < 4.78 is 8.10. The SMILES string of the molecule is CCCCCOc1cc(C)ccc1CN=C(NCc1nnc(C)n1C)NC1CCCC1. The van der Waals surface area contributed by atoms with Gasteiger partial charge < -0.3 is 19.9 Å². The highest BCUT2D eigenvalue weighted by Crippen LogP contribution is 2.22. The van der Waals surface area contributed by atoms with Gasteiger partial charge in [-0.05, 0) is 44.7 Å². The van der Waals surface area contributed by atoms with Gasteiger partial charge in [0, 0.05) is 18.7 Å². The minimum Gasteiger partial charge on any atom is -0.493 e. The number of benzene rings is 1. The average molecular weight is 427 g/mol. The Hall–Kier alpha value is -2.57. The lowest BCUT2D eigenvalue weighted by atomic mass is 10.1. The third-order valence-corrected chi connectivity index (χ3v) is 5.93. The second kappa shape index (κ2) is 11.7. The molecule has 2 aromatic rings. The van der Waals surface area contributed by atoms with Crippen molar-refractivity contribution in [1.29, 1.82) is 0 Å². The number of hydrogen-bond donors (Lipinski definition) is 2. The van der Waals surface area contributed by atoms with Gasteiger partial charge in [-0.25, -0.2) is 4.99 Å². The zero-order chi connectivity index (χ0) is 22.1. The summed E-state index contributed by atoms with van der Waals surface area (Å²) in [7, 11) is 1.99. The van der Waals surface area contributed by atoms with Crippen molar-refractivity contribution < 1.29 is 4.74 Å². The lowest BCUT2D eigenvalue weighted by Crippen LogP contribution is -2.42. The maximum absolute atomic E-state index is 6.10. The Balaban J connectivity index is 1.69. The molecule has 1 saturated carbocycles. The summed E-state index contributed by atoms with van der Waals surface area (Å²) in [6, 6.07) is 6.86. The van der Waals surface area contributed by atoms with Crippen molar-refractivity contribution in [1.82, 2.24) is 25.4 Å². The molecule has 0 spiro atoms. The largest absolute Gasteiger partial charge is 0.493 e. The van der Waals surface area contributed by atoms with Crippen molar-refractivity contribution in [3.8, 4) is 5.75 Å². The molecule has 7 nitrogen and oxygen atoms in total. The molecule has 3 rings (SSSR count). The van der Waals surface area contributed by atoms with Crippen molar-refractivity contribution in [2.75, 3.05) is 6.61 Å². The molecule has 0 atom stereocenters. The molecular formula is C24H38N6O. The van der Waals surface area contributed by atoms with Crippen LogP contribution < -0.4 is 15.4 Å². The van der Waals surface area contributed by atoms with Crippen molar-refractivity contribution in [3.05, 3.63) is 41.0 Å². The van der Waals surface area contributed by atoms with E-state index < -0.39 is 0 Å². The number of aliphatic imine (C=N–C) groups is 1. The van der Waals surface area contributed by atoms with E-state index >= 15 is 0 Å². The van der Waals surface area contributed by atoms with Gasteiger partial charge in [0.1, 0.15) is 11.6 Å². The second-order valence-electron chi connectivity index (χ2n) is 8.53. The molecule has 0 radical (unpaired) electrons. The van der Waals surface area contributed by atoms with Crippen molar-refractivity contribution >= 4 is 5.96 Å². The van der Waals surface area contributed by atoms with Crippen LogP contribution in [0.3, 0.4) is 0 Å². The Bertz CT molecular complexity index is 854. The van der Waals surface area contributed by atoms with Crippen LogP contribution in [0.4, 0.5) is 0 Å². The van der Waals surface area contributed by atoms with Crippen LogP contribution in [0, 0.1) is 13.8 Å². The maximum Gasteiger partial charge on any atom is 0.192 e.